The van der Waals surface area contributed by atoms with Crippen LogP contribution in [0.2, 0.25) is 10.0 Å². The van der Waals surface area contributed by atoms with Gasteiger partial charge in [0, 0.05) is 32.2 Å². The van der Waals surface area contributed by atoms with E-state index >= 15 is 0 Å². The fraction of sp³-hybridized carbons (Fsp3) is 0.556. The van der Waals surface area contributed by atoms with E-state index in [1.807, 2.05) is 4.57 Å². The molecule has 134 valence electrons. The minimum atomic E-state index is -0.00830. The molecule has 0 unspecified atom stereocenters. The van der Waals surface area contributed by atoms with Crippen molar-refractivity contribution in [1.29, 1.82) is 0 Å². The first-order valence-corrected chi connectivity index (χ1v) is 9.48. The van der Waals surface area contributed by atoms with E-state index in [0.29, 0.717) is 33.5 Å². The van der Waals surface area contributed by atoms with Gasteiger partial charge in [0.25, 0.3) is 5.56 Å². The normalized spacial score (nSPS) is 23.5. The Morgan fingerprint density at radius 2 is 2.04 bits per heavy atom. The van der Waals surface area contributed by atoms with Crippen molar-refractivity contribution in [1.82, 2.24) is 14.5 Å². The summed E-state index contributed by atoms with van der Waals surface area (Å²) in [6.07, 6.45) is 3.14. The zero-order valence-electron chi connectivity index (χ0n) is 14.2. The lowest BCUT2D eigenvalue weighted by Crippen LogP contribution is -2.50. The fourth-order valence-electron chi connectivity index (χ4n) is 4.29. The van der Waals surface area contributed by atoms with E-state index in [4.69, 9.17) is 32.9 Å². The summed E-state index contributed by atoms with van der Waals surface area (Å²) in [4.78, 5) is 20.3. The van der Waals surface area contributed by atoms with E-state index in [2.05, 4.69) is 4.90 Å². The van der Waals surface area contributed by atoms with Crippen molar-refractivity contribution in [3.63, 3.8) is 0 Å². The first-order chi connectivity index (χ1) is 12.1. The first-order valence-electron chi connectivity index (χ1n) is 8.72. The quantitative estimate of drug-likeness (QED) is 0.817. The largest absolute Gasteiger partial charge is 0.383 e. The van der Waals surface area contributed by atoms with Crippen LogP contribution in [0, 0.1) is 0 Å². The van der Waals surface area contributed by atoms with Crippen molar-refractivity contribution in [3.8, 4) is 0 Å². The second-order valence-electron chi connectivity index (χ2n) is 6.84. The summed E-state index contributed by atoms with van der Waals surface area (Å²) in [5.74, 6) is 1.18. The number of piperidine rings is 1. The van der Waals surface area contributed by atoms with Gasteiger partial charge in [-0.05, 0) is 37.9 Å². The van der Waals surface area contributed by atoms with Crippen LogP contribution in [-0.4, -0.2) is 47.3 Å². The lowest BCUT2D eigenvalue weighted by molar-refractivity contribution is 0.0650. The van der Waals surface area contributed by atoms with E-state index in [-0.39, 0.29) is 11.5 Å². The Balaban J connectivity index is 1.79. The van der Waals surface area contributed by atoms with Crippen LogP contribution in [0.3, 0.4) is 0 Å². The molecule has 4 rings (SSSR count). The molecule has 3 heterocycles. The van der Waals surface area contributed by atoms with E-state index in [0.717, 1.165) is 44.8 Å². The van der Waals surface area contributed by atoms with Gasteiger partial charge in [0.15, 0.2) is 0 Å². The summed E-state index contributed by atoms with van der Waals surface area (Å²) in [6.45, 7) is 3.44. The molecule has 2 atom stereocenters. The van der Waals surface area contributed by atoms with Gasteiger partial charge in [-0.3, -0.25) is 14.3 Å². The van der Waals surface area contributed by atoms with E-state index in [1.165, 1.54) is 0 Å². The molecule has 1 aromatic heterocycles. The molecule has 5 nitrogen and oxygen atoms in total. The van der Waals surface area contributed by atoms with Crippen LogP contribution < -0.4 is 5.56 Å². The van der Waals surface area contributed by atoms with Crippen molar-refractivity contribution in [2.45, 2.75) is 37.8 Å². The van der Waals surface area contributed by atoms with Crippen LogP contribution in [0.4, 0.5) is 0 Å². The first kappa shape index (κ1) is 17.3. The van der Waals surface area contributed by atoms with Gasteiger partial charge in [0.2, 0.25) is 0 Å². The van der Waals surface area contributed by atoms with Gasteiger partial charge in [-0.2, -0.15) is 0 Å². The van der Waals surface area contributed by atoms with Crippen LogP contribution in [-0.2, 0) is 11.3 Å². The zero-order chi connectivity index (χ0) is 17.6. The molecule has 1 aromatic carbocycles. The Labute approximate surface area is 156 Å². The smallest absolute Gasteiger partial charge is 0.261 e. The van der Waals surface area contributed by atoms with Gasteiger partial charge in [-0.1, -0.05) is 23.2 Å². The predicted octanol–water partition coefficient (Wildman–Crippen LogP) is 3.30. The Morgan fingerprint density at radius 1 is 1.24 bits per heavy atom. The number of likely N-dealkylation sites (tertiary alicyclic amines) is 1. The van der Waals surface area contributed by atoms with Gasteiger partial charge in [-0.15, -0.1) is 0 Å². The van der Waals surface area contributed by atoms with Gasteiger partial charge in [-0.25, -0.2) is 4.98 Å². The minimum absolute atomic E-state index is 0.00830. The number of hydrogen-bond donors (Lipinski definition) is 0. The van der Waals surface area contributed by atoms with E-state index in [1.54, 1.807) is 19.2 Å². The third-order valence-electron chi connectivity index (χ3n) is 5.48. The lowest BCUT2D eigenvalue weighted by Gasteiger charge is -2.44. The summed E-state index contributed by atoms with van der Waals surface area (Å²) in [5.41, 5.74) is 0.631. The number of rotatable bonds is 3. The molecule has 0 bridgehead atoms. The maximum absolute atomic E-state index is 13.0. The molecule has 0 saturated carbocycles. The molecule has 2 aliphatic heterocycles. The van der Waals surface area contributed by atoms with E-state index < -0.39 is 0 Å². The summed E-state index contributed by atoms with van der Waals surface area (Å²) in [7, 11) is 1.74. The van der Waals surface area contributed by atoms with Crippen LogP contribution >= 0.6 is 23.2 Å². The standard InChI is InChI=1S/C18H21Cl2N3O2/c1-25-8-7-22-5-2-3-11-16(22)4-6-23-17(11)21-15-10-14(20)13(19)9-12(15)18(23)24/h9-11,16H,2-8H2,1H3/t11-,16+/m0/s1. The average molecular weight is 382 g/mol. The minimum Gasteiger partial charge on any atom is -0.383 e. The molecular formula is C18H21Cl2N3O2. The van der Waals surface area contributed by atoms with Crippen molar-refractivity contribution in [3.05, 3.63) is 38.4 Å². The van der Waals surface area contributed by atoms with Gasteiger partial charge < -0.3 is 4.74 Å². The molecule has 1 saturated heterocycles. The predicted molar refractivity (Wildman–Crippen MR) is 99.9 cm³/mol. The molecule has 25 heavy (non-hydrogen) atoms. The molecule has 0 N–H and O–H groups in total. The van der Waals surface area contributed by atoms with Gasteiger partial charge >= 0.3 is 0 Å². The molecule has 0 spiro atoms. The van der Waals surface area contributed by atoms with Crippen molar-refractivity contribution >= 4 is 34.1 Å². The Bertz CT molecular complexity index is 868. The van der Waals surface area contributed by atoms with Crippen LogP contribution in [0.1, 0.15) is 31.0 Å². The Hall–Kier alpha value is -1.14. The summed E-state index contributed by atoms with van der Waals surface area (Å²) < 4.78 is 7.10. The monoisotopic (exact) mass is 381 g/mol. The number of nitrogens with zero attached hydrogens (tertiary/aromatic N) is 3. The molecule has 0 radical (unpaired) electrons. The van der Waals surface area contributed by atoms with Gasteiger partial charge in [0.05, 0.1) is 27.6 Å². The maximum Gasteiger partial charge on any atom is 0.261 e. The zero-order valence-corrected chi connectivity index (χ0v) is 15.7. The summed E-state index contributed by atoms with van der Waals surface area (Å²) in [5, 5.41) is 1.37. The highest BCUT2D eigenvalue weighted by Gasteiger charge is 2.38. The highest BCUT2D eigenvalue weighted by Crippen LogP contribution is 2.37. The van der Waals surface area contributed by atoms with Crippen molar-refractivity contribution in [2.75, 3.05) is 26.8 Å². The molecule has 0 amide bonds. The number of halogens is 2. The Kier molecular flexibility index (Phi) is 4.75. The second-order valence-corrected chi connectivity index (χ2v) is 7.66. The maximum atomic E-state index is 13.0. The topological polar surface area (TPSA) is 47.4 Å². The number of aromatic nitrogens is 2. The molecule has 2 aliphatic rings. The molecule has 0 aliphatic carbocycles. The third kappa shape index (κ3) is 2.97. The molecule has 1 fully saturated rings. The summed E-state index contributed by atoms with van der Waals surface area (Å²) >= 11 is 12.2. The fourth-order valence-corrected chi connectivity index (χ4v) is 4.61. The van der Waals surface area contributed by atoms with Crippen molar-refractivity contribution in [2.24, 2.45) is 0 Å². The lowest BCUT2D eigenvalue weighted by atomic mass is 9.84. The number of benzene rings is 1. The van der Waals surface area contributed by atoms with E-state index in [9.17, 15) is 4.79 Å². The second kappa shape index (κ2) is 6.88. The average Bonchev–Trinajstić information content (AvgIpc) is 2.61. The highest BCUT2D eigenvalue weighted by molar-refractivity contribution is 6.42. The third-order valence-corrected chi connectivity index (χ3v) is 6.20. The number of hydrogen-bond acceptors (Lipinski definition) is 4. The highest BCUT2D eigenvalue weighted by atomic mass is 35.5. The molecule has 7 heteroatoms. The van der Waals surface area contributed by atoms with Crippen LogP contribution in [0.5, 0.6) is 0 Å². The van der Waals surface area contributed by atoms with Crippen LogP contribution in [0.25, 0.3) is 10.9 Å². The Morgan fingerprint density at radius 3 is 2.84 bits per heavy atom. The molecule has 2 aromatic rings. The van der Waals surface area contributed by atoms with Crippen LogP contribution in [0.15, 0.2) is 16.9 Å². The SMILES string of the molecule is COCCN1CCC[C@@H]2c3nc4cc(Cl)c(Cl)cc4c(=O)n3CC[C@H]21. The number of fused-ring (bicyclic) bond motifs is 4. The van der Waals surface area contributed by atoms with Gasteiger partial charge in [0.1, 0.15) is 5.82 Å². The number of ether oxygens (including phenoxy) is 1. The van der Waals surface area contributed by atoms with Crippen molar-refractivity contribution < 1.29 is 4.74 Å². The summed E-state index contributed by atoms with van der Waals surface area (Å²) in [6, 6.07) is 3.77. The molecular weight excluding hydrogens is 361 g/mol. The number of methoxy groups -OCH3 is 1.